The maximum Gasteiger partial charge on any atom is 0.277 e. The topological polar surface area (TPSA) is 55.1 Å². The fourth-order valence-corrected chi connectivity index (χ4v) is 2.50. The van der Waals surface area contributed by atoms with Crippen molar-refractivity contribution in [2.45, 2.75) is 0 Å². The molecule has 1 amide bonds. The second-order valence-corrected chi connectivity index (χ2v) is 6.38. The normalized spacial score (nSPS) is 10.7. The van der Waals surface area contributed by atoms with Gasteiger partial charge in [-0.3, -0.25) is 4.79 Å². The predicted molar refractivity (Wildman–Crippen MR) is 96.4 cm³/mol. The third-order valence-electron chi connectivity index (χ3n) is 3.08. The number of amides is 1. The number of anilines is 1. The number of carbonyl (C=O) groups is 1. The van der Waals surface area contributed by atoms with Gasteiger partial charge in [-0.05, 0) is 36.4 Å². The molecule has 1 N–H and O–H groups in total. The van der Waals surface area contributed by atoms with E-state index in [-0.39, 0.29) is 11.6 Å². The molecular weight excluding hydrogens is 394 g/mol. The van der Waals surface area contributed by atoms with Gasteiger partial charge in [0, 0.05) is 11.3 Å². The second-order valence-electron chi connectivity index (χ2n) is 4.75. The van der Waals surface area contributed by atoms with Crippen LogP contribution in [-0.2, 0) is 0 Å². The number of rotatable bonds is 3. The van der Waals surface area contributed by atoms with Crippen LogP contribution in [-0.4, -0.2) is 10.9 Å². The second kappa shape index (κ2) is 7.03. The standard InChI is InChI=1S/C16H8Cl4N2O2/c17-10-3-1-8(5-12(10)19)16-22-14(7-24-16)15(23)21-9-2-4-11(18)13(20)6-9/h1-7H,(H,21,23). The molecule has 0 spiro atoms. The minimum Gasteiger partial charge on any atom is -0.444 e. The molecule has 3 aromatic rings. The number of carbonyl (C=O) groups excluding carboxylic acids is 1. The number of halogens is 4. The summed E-state index contributed by atoms with van der Waals surface area (Å²) >= 11 is 23.6. The van der Waals surface area contributed by atoms with E-state index in [2.05, 4.69) is 10.3 Å². The van der Waals surface area contributed by atoms with Gasteiger partial charge in [0.2, 0.25) is 5.89 Å². The highest BCUT2D eigenvalue weighted by Gasteiger charge is 2.15. The molecule has 0 bridgehead atoms. The summed E-state index contributed by atoms with van der Waals surface area (Å²) in [7, 11) is 0. The first kappa shape index (κ1) is 17.1. The first-order valence-corrected chi connectivity index (χ1v) is 8.12. The molecule has 24 heavy (non-hydrogen) atoms. The quantitative estimate of drug-likeness (QED) is 0.567. The third-order valence-corrected chi connectivity index (χ3v) is 4.56. The Morgan fingerprint density at radius 3 is 2.25 bits per heavy atom. The average molecular weight is 402 g/mol. The number of nitrogens with zero attached hydrogens (tertiary/aromatic N) is 1. The summed E-state index contributed by atoms with van der Waals surface area (Å²) in [6.45, 7) is 0. The Balaban J connectivity index is 1.80. The van der Waals surface area contributed by atoms with Crippen molar-refractivity contribution >= 4 is 58.0 Å². The van der Waals surface area contributed by atoms with Gasteiger partial charge in [0.25, 0.3) is 5.91 Å². The lowest BCUT2D eigenvalue weighted by Crippen LogP contribution is -2.12. The molecule has 1 aromatic heterocycles. The van der Waals surface area contributed by atoms with Crippen molar-refractivity contribution in [2.75, 3.05) is 5.32 Å². The first-order valence-electron chi connectivity index (χ1n) is 6.61. The van der Waals surface area contributed by atoms with Crippen LogP contribution in [0.2, 0.25) is 20.1 Å². The average Bonchev–Trinajstić information content (AvgIpc) is 3.04. The molecule has 1 heterocycles. The van der Waals surface area contributed by atoms with Crippen LogP contribution in [0, 0.1) is 0 Å². The van der Waals surface area contributed by atoms with E-state index < -0.39 is 5.91 Å². The van der Waals surface area contributed by atoms with Crippen LogP contribution >= 0.6 is 46.4 Å². The molecule has 8 heteroatoms. The Morgan fingerprint density at radius 2 is 1.58 bits per heavy atom. The summed E-state index contributed by atoms with van der Waals surface area (Å²) in [5.74, 6) is -0.184. The van der Waals surface area contributed by atoms with Gasteiger partial charge in [0.15, 0.2) is 5.69 Å². The lowest BCUT2D eigenvalue weighted by Gasteiger charge is -2.04. The summed E-state index contributed by atoms with van der Waals surface area (Å²) in [5.41, 5.74) is 1.22. The number of oxazole rings is 1. The monoisotopic (exact) mass is 400 g/mol. The molecule has 122 valence electrons. The maximum absolute atomic E-state index is 12.2. The molecule has 0 saturated carbocycles. The van der Waals surface area contributed by atoms with Gasteiger partial charge < -0.3 is 9.73 Å². The third kappa shape index (κ3) is 3.68. The van der Waals surface area contributed by atoms with Crippen molar-refractivity contribution in [1.29, 1.82) is 0 Å². The molecule has 0 aliphatic carbocycles. The van der Waals surface area contributed by atoms with E-state index >= 15 is 0 Å². The highest BCUT2D eigenvalue weighted by Crippen LogP contribution is 2.28. The Hall–Kier alpha value is -1.72. The zero-order valence-corrected chi connectivity index (χ0v) is 14.8. The number of hydrogen-bond donors (Lipinski definition) is 1. The Kier molecular flexibility index (Phi) is 5.01. The highest BCUT2D eigenvalue weighted by molar-refractivity contribution is 6.42. The molecule has 3 rings (SSSR count). The van der Waals surface area contributed by atoms with Gasteiger partial charge in [0.1, 0.15) is 6.26 Å². The molecule has 0 atom stereocenters. The van der Waals surface area contributed by atoms with E-state index in [4.69, 9.17) is 50.8 Å². The lowest BCUT2D eigenvalue weighted by atomic mass is 10.2. The molecule has 0 fully saturated rings. The SMILES string of the molecule is O=C(Nc1ccc(Cl)c(Cl)c1)c1coc(-c2ccc(Cl)c(Cl)c2)n1. The van der Waals surface area contributed by atoms with Crippen molar-refractivity contribution < 1.29 is 9.21 Å². The van der Waals surface area contributed by atoms with Crippen LogP contribution < -0.4 is 5.32 Å². The summed E-state index contributed by atoms with van der Waals surface area (Å²) < 4.78 is 5.33. The maximum atomic E-state index is 12.2. The van der Waals surface area contributed by atoms with Crippen molar-refractivity contribution in [1.82, 2.24) is 4.98 Å². The largest absolute Gasteiger partial charge is 0.444 e. The van der Waals surface area contributed by atoms with Gasteiger partial charge >= 0.3 is 0 Å². The molecule has 0 saturated heterocycles. The number of aromatic nitrogens is 1. The summed E-state index contributed by atoms with van der Waals surface area (Å²) in [4.78, 5) is 16.4. The highest BCUT2D eigenvalue weighted by atomic mass is 35.5. The zero-order valence-electron chi connectivity index (χ0n) is 11.8. The Bertz CT molecular complexity index is 924. The molecule has 4 nitrogen and oxygen atoms in total. The van der Waals surface area contributed by atoms with Crippen LogP contribution in [0.1, 0.15) is 10.5 Å². The van der Waals surface area contributed by atoms with Crippen LogP contribution in [0.25, 0.3) is 11.5 Å². The molecule has 0 unspecified atom stereocenters. The van der Waals surface area contributed by atoms with Gasteiger partial charge in [0.05, 0.1) is 20.1 Å². The number of nitrogens with one attached hydrogen (secondary N) is 1. The first-order chi connectivity index (χ1) is 11.4. The summed E-state index contributed by atoms with van der Waals surface area (Å²) in [6.07, 6.45) is 1.25. The summed E-state index contributed by atoms with van der Waals surface area (Å²) in [6, 6.07) is 9.69. The predicted octanol–water partition coefficient (Wildman–Crippen LogP) is 6.21. The molecule has 0 radical (unpaired) electrons. The van der Waals surface area contributed by atoms with Crippen molar-refractivity contribution in [3.05, 3.63) is 68.4 Å². The van der Waals surface area contributed by atoms with Gasteiger partial charge in [-0.25, -0.2) is 4.98 Å². The zero-order chi connectivity index (χ0) is 17.3. The molecule has 0 aliphatic heterocycles. The van der Waals surface area contributed by atoms with Crippen LogP contribution in [0.3, 0.4) is 0 Å². The van der Waals surface area contributed by atoms with E-state index in [0.29, 0.717) is 31.3 Å². The van der Waals surface area contributed by atoms with Crippen molar-refractivity contribution in [2.24, 2.45) is 0 Å². The molecule has 2 aromatic carbocycles. The van der Waals surface area contributed by atoms with Gasteiger partial charge in [-0.2, -0.15) is 0 Å². The van der Waals surface area contributed by atoms with Gasteiger partial charge in [-0.1, -0.05) is 46.4 Å². The van der Waals surface area contributed by atoms with Crippen LogP contribution in [0.15, 0.2) is 47.1 Å². The fourth-order valence-electron chi connectivity index (χ4n) is 1.91. The van der Waals surface area contributed by atoms with Crippen molar-refractivity contribution in [3.63, 3.8) is 0 Å². The molecular formula is C16H8Cl4N2O2. The fraction of sp³-hybridized carbons (Fsp3) is 0. The summed E-state index contributed by atoms with van der Waals surface area (Å²) in [5, 5.41) is 4.19. The van der Waals surface area contributed by atoms with Crippen LogP contribution in [0.5, 0.6) is 0 Å². The smallest absolute Gasteiger partial charge is 0.277 e. The molecule has 0 aliphatic rings. The minimum absolute atomic E-state index is 0.113. The van der Waals surface area contributed by atoms with E-state index in [1.807, 2.05) is 0 Å². The van der Waals surface area contributed by atoms with E-state index in [1.54, 1.807) is 36.4 Å². The minimum atomic E-state index is -0.441. The van der Waals surface area contributed by atoms with E-state index in [9.17, 15) is 4.79 Å². The van der Waals surface area contributed by atoms with Crippen molar-refractivity contribution in [3.8, 4) is 11.5 Å². The Labute approximate surface area is 157 Å². The Morgan fingerprint density at radius 1 is 0.917 bits per heavy atom. The van der Waals surface area contributed by atoms with E-state index in [1.165, 1.54) is 6.26 Å². The number of hydrogen-bond acceptors (Lipinski definition) is 3. The number of benzene rings is 2. The van der Waals surface area contributed by atoms with Crippen LogP contribution in [0.4, 0.5) is 5.69 Å². The van der Waals surface area contributed by atoms with E-state index in [0.717, 1.165) is 0 Å². The lowest BCUT2D eigenvalue weighted by molar-refractivity contribution is 0.102. The van der Waals surface area contributed by atoms with Gasteiger partial charge in [-0.15, -0.1) is 0 Å².